The molecule has 0 saturated carbocycles. The lowest BCUT2D eigenvalue weighted by molar-refractivity contribution is 0.582. The first-order valence-electron chi connectivity index (χ1n) is 6.52. The van der Waals surface area contributed by atoms with Gasteiger partial charge in [0.05, 0.1) is 0 Å². The van der Waals surface area contributed by atoms with Crippen molar-refractivity contribution in [3.05, 3.63) is 65.5 Å². The van der Waals surface area contributed by atoms with Crippen LogP contribution < -0.4 is 5.32 Å². The van der Waals surface area contributed by atoms with Crippen molar-refractivity contribution in [2.45, 2.75) is 17.4 Å². The number of fused-ring (bicyclic) bond motifs is 1. The van der Waals surface area contributed by atoms with Gasteiger partial charge >= 0.3 is 0 Å². The Kier molecular flexibility index (Phi) is 3.85. The first-order chi connectivity index (χ1) is 9.33. The molecule has 2 aromatic carbocycles. The van der Waals surface area contributed by atoms with Crippen molar-refractivity contribution in [3.8, 4) is 0 Å². The maximum atomic E-state index is 13.1. The molecule has 1 aliphatic rings. The lowest BCUT2D eigenvalue weighted by Gasteiger charge is -2.13. The number of halogens is 1. The third kappa shape index (κ3) is 2.99. The molecule has 0 fully saturated rings. The van der Waals surface area contributed by atoms with E-state index >= 15 is 0 Å². The molecule has 0 radical (unpaired) electrons. The Morgan fingerprint density at radius 3 is 2.95 bits per heavy atom. The van der Waals surface area contributed by atoms with Crippen LogP contribution in [0.4, 0.5) is 4.39 Å². The van der Waals surface area contributed by atoms with E-state index in [2.05, 4.69) is 29.6 Å². The summed E-state index contributed by atoms with van der Waals surface area (Å²) in [5.74, 6) is 0.932. The van der Waals surface area contributed by atoms with Gasteiger partial charge in [-0.05, 0) is 42.3 Å². The molecular weight excluding hydrogens is 257 g/mol. The number of hydrogen-bond acceptors (Lipinski definition) is 2. The fraction of sp³-hybridized carbons (Fsp3) is 0.250. The van der Waals surface area contributed by atoms with Crippen LogP contribution in [0, 0.1) is 5.82 Å². The number of nitrogens with one attached hydrogen (secondary N) is 1. The Morgan fingerprint density at radius 1 is 1.16 bits per heavy atom. The minimum atomic E-state index is -0.153. The molecule has 19 heavy (non-hydrogen) atoms. The predicted octanol–water partition coefficient (Wildman–Crippen LogP) is 3.80. The average molecular weight is 273 g/mol. The highest BCUT2D eigenvalue weighted by Gasteiger charge is 2.21. The summed E-state index contributed by atoms with van der Waals surface area (Å²) in [5.41, 5.74) is 2.44. The Balaban J connectivity index is 1.57. The summed E-state index contributed by atoms with van der Waals surface area (Å²) >= 11 is 1.90. The topological polar surface area (TPSA) is 12.0 Å². The van der Waals surface area contributed by atoms with Crippen LogP contribution in [0.2, 0.25) is 0 Å². The largest absolute Gasteiger partial charge is 0.309 e. The molecular formula is C16H16FNS. The molecule has 0 spiro atoms. The van der Waals surface area contributed by atoms with Gasteiger partial charge < -0.3 is 5.32 Å². The van der Waals surface area contributed by atoms with Gasteiger partial charge in [-0.1, -0.05) is 30.3 Å². The molecule has 1 atom stereocenters. The number of rotatable bonds is 4. The molecule has 2 aromatic rings. The van der Waals surface area contributed by atoms with E-state index in [0.29, 0.717) is 6.04 Å². The van der Waals surface area contributed by atoms with E-state index in [1.807, 2.05) is 17.8 Å². The smallest absolute Gasteiger partial charge is 0.123 e. The molecule has 1 aliphatic heterocycles. The maximum Gasteiger partial charge on any atom is 0.123 e. The summed E-state index contributed by atoms with van der Waals surface area (Å²) in [6.45, 7) is 0.878. The lowest BCUT2D eigenvalue weighted by Crippen LogP contribution is -2.23. The summed E-state index contributed by atoms with van der Waals surface area (Å²) in [6, 6.07) is 15.8. The minimum Gasteiger partial charge on any atom is -0.309 e. The molecule has 1 N–H and O–H groups in total. The van der Waals surface area contributed by atoms with Gasteiger partial charge in [0.2, 0.25) is 0 Å². The normalized spacial score (nSPS) is 17.4. The maximum absolute atomic E-state index is 13.1. The molecule has 1 heterocycles. The third-order valence-electron chi connectivity index (χ3n) is 3.39. The van der Waals surface area contributed by atoms with Crippen LogP contribution >= 0.6 is 11.8 Å². The molecule has 0 aliphatic carbocycles. The fourth-order valence-electron chi connectivity index (χ4n) is 2.41. The van der Waals surface area contributed by atoms with Gasteiger partial charge in [0.1, 0.15) is 5.82 Å². The van der Waals surface area contributed by atoms with Crippen molar-refractivity contribution in [1.29, 1.82) is 0 Å². The van der Waals surface area contributed by atoms with Gasteiger partial charge in [0, 0.05) is 16.7 Å². The Morgan fingerprint density at radius 2 is 2.05 bits per heavy atom. The summed E-state index contributed by atoms with van der Waals surface area (Å²) in [4.78, 5) is 1.38. The molecule has 3 rings (SSSR count). The van der Waals surface area contributed by atoms with E-state index in [9.17, 15) is 4.39 Å². The van der Waals surface area contributed by atoms with Crippen LogP contribution in [0.25, 0.3) is 0 Å². The number of benzene rings is 2. The average Bonchev–Trinajstić information content (AvgIpc) is 2.83. The second-order valence-electron chi connectivity index (χ2n) is 4.74. The number of hydrogen-bond donors (Lipinski definition) is 1. The lowest BCUT2D eigenvalue weighted by atomic mass is 10.1. The van der Waals surface area contributed by atoms with Crippen molar-refractivity contribution in [2.24, 2.45) is 0 Å². The van der Waals surface area contributed by atoms with Gasteiger partial charge in [-0.2, -0.15) is 0 Å². The quantitative estimate of drug-likeness (QED) is 0.909. The molecule has 1 unspecified atom stereocenters. The summed E-state index contributed by atoms with van der Waals surface area (Å²) in [6.07, 6.45) is 0.862. The highest BCUT2D eigenvalue weighted by molar-refractivity contribution is 7.99. The minimum absolute atomic E-state index is 0.153. The molecule has 0 amide bonds. The molecule has 1 nitrogen and oxygen atoms in total. The van der Waals surface area contributed by atoms with Crippen LogP contribution in [0.1, 0.15) is 17.2 Å². The predicted molar refractivity (Wildman–Crippen MR) is 78.0 cm³/mol. The zero-order chi connectivity index (χ0) is 13.1. The molecule has 0 bridgehead atoms. The Hall–Kier alpha value is -1.32. The summed E-state index contributed by atoms with van der Waals surface area (Å²) in [7, 11) is 0. The van der Waals surface area contributed by atoms with Gasteiger partial charge in [-0.3, -0.25) is 0 Å². The first kappa shape index (κ1) is 12.7. The van der Waals surface area contributed by atoms with E-state index in [1.54, 1.807) is 12.1 Å². The van der Waals surface area contributed by atoms with Crippen molar-refractivity contribution in [2.75, 3.05) is 12.3 Å². The molecule has 0 aromatic heterocycles. The van der Waals surface area contributed by atoms with Gasteiger partial charge in [-0.15, -0.1) is 11.8 Å². The van der Waals surface area contributed by atoms with Crippen molar-refractivity contribution >= 4 is 11.8 Å². The standard InChI is InChI=1S/C16H16FNS/c17-13-5-3-4-12(10-13)8-9-18-15-11-19-16-7-2-1-6-14(15)16/h1-7,10,15,18H,8-9,11H2. The summed E-state index contributed by atoms with van der Waals surface area (Å²) < 4.78 is 13.1. The van der Waals surface area contributed by atoms with Gasteiger partial charge in [0.25, 0.3) is 0 Å². The van der Waals surface area contributed by atoms with Crippen molar-refractivity contribution < 1.29 is 4.39 Å². The van der Waals surface area contributed by atoms with Crippen LogP contribution in [0.3, 0.4) is 0 Å². The first-order valence-corrected chi connectivity index (χ1v) is 7.51. The molecule has 3 heteroatoms. The Labute approximate surface area is 117 Å². The monoisotopic (exact) mass is 273 g/mol. The fourth-order valence-corrected chi connectivity index (χ4v) is 3.61. The van der Waals surface area contributed by atoms with Crippen LogP contribution in [0.15, 0.2) is 53.4 Å². The van der Waals surface area contributed by atoms with E-state index in [-0.39, 0.29) is 5.82 Å². The zero-order valence-electron chi connectivity index (χ0n) is 10.6. The van der Waals surface area contributed by atoms with Crippen LogP contribution in [0.5, 0.6) is 0 Å². The van der Waals surface area contributed by atoms with E-state index in [1.165, 1.54) is 16.5 Å². The molecule has 0 saturated heterocycles. The van der Waals surface area contributed by atoms with E-state index < -0.39 is 0 Å². The van der Waals surface area contributed by atoms with Gasteiger partial charge in [0.15, 0.2) is 0 Å². The van der Waals surface area contributed by atoms with Crippen molar-refractivity contribution in [3.63, 3.8) is 0 Å². The summed E-state index contributed by atoms with van der Waals surface area (Å²) in [5, 5.41) is 3.56. The SMILES string of the molecule is Fc1cccc(CCNC2CSc3ccccc32)c1. The highest BCUT2D eigenvalue weighted by atomic mass is 32.2. The van der Waals surface area contributed by atoms with E-state index in [0.717, 1.165) is 24.3 Å². The third-order valence-corrected chi connectivity index (χ3v) is 4.58. The highest BCUT2D eigenvalue weighted by Crippen LogP contribution is 2.37. The number of thioether (sulfide) groups is 1. The zero-order valence-corrected chi connectivity index (χ0v) is 11.4. The van der Waals surface area contributed by atoms with E-state index in [4.69, 9.17) is 0 Å². The Bertz CT molecular complexity index is 570. The molecule has 98 valence electrons. The van der Waals surface area contributed by atoms with Gasteiger partial charge in [-0.25, -0.2) is 4.39 Å². The second kappa shape index (κ2) is 5.76. The van der Waals surface area contributed by atoms with Crippen LogP contribution in [-0.4, -0.2) is 12.3 Å². The second-order valence-corrected chi connectivity index (χ2v) is 5.80. The van der Waals surface area contributed by atoms with Crippen molar-refractivity contribution in [1.82, 2.24) is 5.32 Å². The van der Waals surface area contributed by atoms with Crippen LogP contribution in [-0.2, 0) is 6.42 Å².